The van der Waals surface area contributed by atoms with Gasteiger partial charge < -0.3 is 34.3 Å². The molecule has 0 aromatic rings. The van der Waals surface area contributed by atoms with Gasteiger partial charge in [0.05, 0.1) is 31.0 Å². The van der Waals surface area contributed by atoms with Gasteiger partial charge in [0.25, 0.3) is 0 Å². The number of hydrogen-bond donors (Lipinski definition) is 3. The van der Waals surface area contributed by atoms with Gasteiger partial charge in [-0.3, -0.25) is 0 Å². The molecular formula is C24H44O7. The maximum Gasteiger partial charge on any atom is 0.157 e. The monoisotopic (exact) mass is 444 g/mol. The van der Waals surface area contributed by atoms with E-state index in [0.717, 1.165) is 77.4 Å². The molecule has 0 bridgehead atoms. The van der Waals surface area contributed by atoms with Crippen LogP contribution in [0.4, 0.5) is 0 Å². The lowest BCUT2D eigenvalue weighted by Crippen LogP contribution is -2.34. The number of aliphatic hydroxyl groups is 3. The van der Waals surface area contributed by atoms with Crippen molar-refractivity contribution in [3.63, 3.8) is 0 Å². The normalized spacial score (nSPS) is 36.4. The molecule has 0 aromatic heterocycles. The standard InChI is InChI=1S/C24H44O7/c1-2-7-18(30-23-8-3-5-12-28-23)10-11-19-20(14-17(26)16-25)21(27)15-22(19)31-24-9-4-6-13-29-24/h17-27H,2-16H2,1H3/t17?,18-,19+,20+,21-,22+,23?,24?/m0/s1. The Labute approximate surface area is 187 Å². The molecule has 2 saturated heterocycles. The van der Waals surface area contributed by atoms with Crippen LogP contribution in [0.2, 0.25) is 0 Å². The van der Waals surface area contributed by atoms with Crippen molar-refractivity contribution in [2.24, 2.45) is 11.8 Å². The molecule has 3 unspecified atom stereocenters. The van der Waals surface area contributed by atoms with Crippen LogP contribution < -0.4 is 0 Å². The average molecular weight is 445 g/mol. The summed E-state index contributed by atoms with van der Waals surface area (Å²) in [6.07, 6.45) is 9.36. The minimum Gasteiger partial charge on any atom is -0.394 e. The summed E-state index contributed by atoms with van der Waals surface area (Å²) in [6.45, 7) is 3.39. The molecule has 3 rings (SSSR count). The third kappa shape index (κ3) is 7.91. The van der Waals surface area contributed by atoms with Gasteiger partial charge in [-0.15, -0.1) is 0 Å². The first-order valence-electron chi connectivity index (χ1n) is 12.6. The van der Waals surface area contributed by atoms with Gasteiger partial charge in [-0.1, -0.05) is 13.3 Å². The van der Waals surface area contributed by atoms with E-state index in [1.165, 1.54) is 0 Å². The van der Waals surface area contributed by atoms with Gasteiger partial charge in [0.2, 0.25) is 0 Å². The zero-order valence-electron chi connectivity index (χ0n) is 19.2. The molecule has 2 heterocycles. The lowest BCUT2D eigenvalue weighted by molar-refractivity contribution is -0.201. The zero-order valence-corrected chi connectivity index (χ0v) is 19.2. The minimum absolute atomic E-state index is 0.0936. The highest BCUT2D eigenvalue weighted by Gasteiger charge is 2.44. The molecule has 3 aliphatic rings. The second-order valence-electron chi connectivity index (χ2n) is 9.59. The van der Waals surface area contributed by atoms with E-state index in [0.29, 0.717) is 12.8 Å². The Morgan fingerprint density at radius 2 is 1.68 bits per heavy atom. The fraction of sp³-hybridized carbons (Fsp3) is 1.00. The summed E-state index contributed by atoms with van der Waals surface area (Å²) < 4.78 is 24.2. The Balaban J connectivity index is 1.61. The minimum atomic E-state index is -0.815. The van der Waals surface area contributed by atoms with E-state index >= 15 is 0 Å². The lowest BCUT2D eigenvalue weighted by Gasteiger charge is -2.32. The first kappa shape index (κ1) is 25.3. The summed E-state index contributed by atoms with van der Waals surface area (Å²) in [4.78, 5) is 0. The molecule has 0 amide bonds. The molecule has 1 aliphatic carbocycles. The summed E-state index contributed by atoms with van der Waals surface area (Å²) in [6, 6.07) is 0. The van der Waals surface area contributed by atoms with Crippen LogP contribution in [0, 0.1) is 11.8 Å². The van der Waals surface area contributed by atoms with E-state index in [9.17, 15) is 15.3 Å². The molecule has 7 heteroatoms. The Kier molecular flexibility index (Phi) is 11.0. The van der Waals surface area contributed by atoms with Gasteiger partial charge in [0, 0.05) is 19.6 Å². The van der Waals surface area contributed by atoms with Crippen molar-refractivity contribution in [3.05, 3.63) is 0 Å². The molecule has 1 saturated carbocycles. The highest BCUT2D eigenvalue weighted by atomic mass is 16.7. The van der Waals surface area contributed by atoms with E-state index in [2.05, 4.69) is 6.92 Å². The van der Waals surface area contributed by atoms with Crippen LogP contribution in [0.25, 0.3) is 0 Å². The van der Waals surface area contributed by atoms with E-state index < -0.39 is 12.2 Å². The van der Waals surface area contributed by atoms with Crippen molar-refractivity contribution in [2.75, 3.05) is 19.8 Å². The van der Waals surface area contributed by atoms with Crippen LogP contribution >= 0.6 is 0 Å². The predicted molar refractivity (Wildman–Crippen MR) is 116 cm³/mol. The van der Waals surface area contributed by atoms with Gasteiger partial charge >= 0.3 is 0 Å². The maximum absolute atomic E-state index is 10.8. The second-order valence-corrected chi connectivity index (χ2v) is 9.59. The largest absolute Gasteiger partial charge is 0.394 e. The summed E-state index contributed by atoms with van der Waals surface area (Å²) in [5.41, 5.74) is 0. The van der Waals surface area contributed by atoms with Crippen LogP contribution in [0.1, 0.15) is 84.0 Å². The first-order chi connectivity index (χ1) is 15.1. The van der Waals surface area contributed by atoms with Crippen LogP contribution in [0.3, 0.4) is 0 Å². The van der Waals surface area contributed by atoms with Gasteiger partial charge in [0.15, 0.2) is 12.6 Å². The SMILES string of the molecule is CCC[C@@H](CC[C@@H]1[C@@H](CC(O)CO)[C@@H](O)C[C@H]1OC1CCCCO1)OC1CCCCO1. The zero-order chi connectivity index (χ0) is 22.1. The topological polar surface area (TPSA) is 97.6 Å². The predicted octanol–water partition coefficient (Wildman–Crippen LogP) is 3.13. The van der Waals surface area contributed by atoms with Crippen LogP contribution in [-0.4, -0.2) is 72.1 Å². The number of hydrogen-bond acceptors (Lipinski definition) is 7. The van der Waals surface area contributed by atoms with Gasteiger partial charge in [0.1, 0.15) is 0 Å². The Bertz CT molecular complexity index is 479. The molecule has 3 N–H and O–H groups in total. The molecule has 0 spiro atoms. The Morgan fingerprint density at radius 3 is 2.29 bits per heavy atom. The van der Waals surface area contributed by atoms with Crippen LogP contribution in [0.5, 0.6) is 0 Å². The molecule has 0 aromatic carbocycles. The maximum atomic E-state index is 10.8. The number of aliphatic hydroxyl groups excluding tert-OH is 3. The highest BCUT2D eigenvalue weighted by Crippen LogP contribution is 2.42. The number of rotatable bonds is 12. The van der Waals surface area contributed by atoms with E-state index in [1.54, 1.807) is 0 Å². The Morgan fingerprint density at radius 1 is 0.968 bits per heavy atom. The molecule has 182 valence electrons. The molecule has 0 radical (unpaired) electrons. The van der Waals surface area contributed by atoms with Crippen molar-refractivity contribution in [2.45, 2.75) is 121 Å². The molecule has 2 aliphatic heterocycles. The molecule has 3 fully saturated rings. The highest BCUT2D eigenvalue weighted by molar-refractivity contribution is 4.93. The second kappa shape index (κ2) is 13.4. The van der Waals surface area contributed by atoms with Crippen molar-refractivity contribution in [1.82, 2.24) is 0 Å². The molecule has 7 nitrogen and oxygen atoms in total. The lowest BCUT2D eigenvalue weighted by atomic mass is 9.84. The van der Waals surface area contributed by atoms with Gasteiger partial charge in [-0.2, -0.15) is 0 Å². The average Bonchev–Trinajstić information content (AvgIpc) is 3.07. The third-order valence-electron chi connectivity index (χ3n) is 7.13. The van der Waals surface area contributed by atoms with E-state index in [4.69, 9.17) is 18.9 Å². The smallest absolute Gasteiger partial charge is 0.157 e. The molecule has 31 heavy (non-hydrogen) atoms. The van der Waals surface area contributed by atoms with Crippen molar-refractivity contribution in [1.29, 1.82) is 0 Å². The first-order valence-corrected chi connectivity index (χ1v) is 12.6. The van der Waals surface area contributed by atoms with E-state index in [-0.39, 0.29) is 43.2 Å². The van der Waals surface area contributed by atoms with E-state index in [1.807, 2.05) is 0 Å². The van der Waals surface area contributed by atoms with Gasteiger partial charge in [-0.25, -0.2) is 0 Å². The quantitative estimate of drug-likeness (QED) is 0.425. The third-order valence-corrected chi connectivity index (χ3v) is 7.13. The molecular weight excluding hydrogens is 400 g/mol. The van der Waals surface area contributed by atoms with Crippen LogP contribution in [-0.2, 0) is 18.9 Å². The summed E-state index contributed by atoms with van der Waals surface area (Å²) in [5, 5.41) is 30.2. The fourth-order valence-electron chi connectivity index (χ4n) is 5.45. The Hall–Kier alpha value is -0.280. The number of ether oxygens (including phenoxy) is 4. The van der Waals surface area contributed by atoms with Crippen molar-refractivity contribution in [3.8, 4) is 0 Å². The molecule has 8 atom stereocenters. The van der Waals surface area contributed by atoms with Crippen molar-refractivity contribution >= 4 is 0 Å². The van der Waals surface area contributed by atoms with Crippen molar-refractivity contribution < 1.29 is 34.3 Å². The summed E-state index contributed by atoms with van der Waals surface area (Å²) in [5.74, 6) is 0.0147. The summed E-state index contributed by atoms with van der Waals surface area (Å²) >= 11 is 0. The fourth-order valence-corrected chi connectivity index (χ4v) is 5.45. The van der Waals surface area contributed by atoms with Crippen LogP contribution in [0.15, 0.2) is 0 Å². The van der Waals surface area contributed by atoms with Gasteiger partial charge in [-0.05, 0) is 76.0 Å². The summed E-state index contributed by atoms with van der Waals surface area (Å²) in [7, 11) is 0.